The third-order valence-corrected chi connectivity index (χ3v) is 3.59. The molecule has 10 heteroatoms. The van der Waals surface area contributed by atoms with Gasteiger partial charge < -0.3 is 5.11 Å². The smallest absolute Gasteiger partial charge is 0.384 e. The molecular formula is C13H19F9O. The van der Waals surface area contributed by atoms with Gasteiger partial charge in [0.05, 0.1) is 0 Å². The Labute approximate surface area is 127 Å². The summed E-state index contributed by atoms with van der Waals surface area (Å²) in [6.45, 7) is 1.97. The molecule has 0 aromatic carbocycles. The van der Waals surface area contributed by atoms with Crippen molar-refractivity contribution in [3.05, 3.63) is 0 Å². The first kappa shape index (κ1) is 22.3. The predicted molar refractivity (Wildman–Crippen MR) is 64.9 cm³/mol. The second-order valence-corrected chi connectivity index (χ2v) is 5.66. The van der Waals surface area contributed by atoms with Crippen molar-refractivity contribution in [3.8, 4) is 0 Å². The minimum atomic E-state index is -6.98. The van der Waals surface area contributed by atoms with Gasteiger partial charge in [-0.15, -0.1) is 0 Å². The SMILES string of the molecule is CCCCCCCC(C)(O)C(F)(F)C(F)(F)C(F)(F)C(F)(F)F. The lowest BCUT2D eigenvalue weighted by atomic mass is 9.85. The molecular weight excluding hydrogens is 343 g/mol. The van der Waals surface area contributed by atoms with E-state index in [9.17, 15) is 44.6 Å². The summed E-state index contributed by atoms with van der Waals surface area (Å²) < 4.78 is 115. The number of hydrogen-bond donors (Lipinski definition) is 1. The van der Waals surface area contributed by atoms with Gasteiger partial charge in [0.15, 0.2) is 0 Å². The van der Waals surface area contributed by atoms with Crippen molar-refractivity contribution in [1.82, 2.24) is 0 Å². The minimum Gasteiger partial charge on any atom is -0.384 e. The Morgan fingerprint density at radius 1 is 0.652 bits per heavy atom. The van der Waals surface area contributed by atoms with Crippen LogP contribution >= 0.6 is 0 Å². The molecule has 0 spiro atoms. The lowest BCUT2D eigenvalue weighted by Gasteiger charge is -2.40. The van der Waals surface area contributed by atoms with Crippen LogP contribution in [0.3, 0.4) is 0 Å². The highest BCUT2D eigenvalue weighted by Gasteiger charge is 2.84. The van der Waals surface area contributed by atoms with Crippen molar-refractivity contribution in [2.24, 2.45) is 0 Å². The van der Waals surface area contributed by atoms with Gasteiger partial charge in [-0.1, -0.05) is 39.0 Å². The van der Waals surface area contributed by atoms with Crippen molar-refractivity contribution in [2.75, 3.05) is 0 Å². The molecule has 23 heavy (non-hydrogen) atoms. The molecule has 0 fully saturated rings. The molecule has 0 heterocycles. The summed E-state index contributed by atoms with van der Waals surface area (Å²) >= 11 is 0. The third kappa shape index (κ3) is 4.24. The highest BCUT2D eigenvalue weighted by atomic mass is 19.4. The summed E-state index contributed by atoms with van der Waals surface area (Å²) in [4.78, 5) is 0. The van der Waals surface area contributed by atoms with Crippen molar-refractivity contribution in [1.29, 1.82) is 0 Å². The van der Waals surface area contributed by atoms with E-state index in [-0.39, 0.29) is 19.8 Å². The van der Waals surface area contributed by atoms with Crippen molar-refractivity contribution in [3.63, 3.8) is 0 Å². The number of aliphatic hydroxyl groups is 1. The summed E-state index contributed by atoms with van der Waals surface area (Å²) in [6, 6.07) is 0. The van der Waals surface area contributed by atoms with Gasteiger partial charge in [0.1, 0.15) is 5.60 Å². The first-order valence-electron chi connectivity index (χ1n) is 6.99. The molecule has 140 valence electrons. The molecule has 1 atom stereocenters. The maximum atomic E-state index is 13.6. The van der Waals surface area contributed by atoms with Gasteiger partial charge in [-0.05, 0) is 13.3 Å². The fraction of sp³-hybridized carbons (Fsp3) is 1.00. The summed E-state index contributed by atoms with van der Waals surface area (Å²) in [5.74, 6) is -19.7. The minimum absolute atomic E-state index is 0.132. The van der Waals surface area contributed by atoms with Crippen LogP contribution in [-0.2, 0) is 0 Å². The van der Waals surface area contributed by atoms with Gasteiger partial charge in [-0.3, -0.25) is 0 Å². The van der Waals surface area contributed by atoms with E-state index in [1.807, 2.05) is 6.92 Å². The fourth-order valence-electron chi connectivity index (χ4n) is 1.94. The molecule has 0 saturated carbocycles. The highest BCUT2D eigenvalue weighted by Crippen LogP contribution is 2.56. The van der Waals surface area contributed by atoms with Gasteiger partial charge in [0.2, 0.25) is 0 Å². The molecule has 0 aliphatic heterocycles. The van der Waals surface area contributed by atoms with Gasteiger partial charge in [-0.2, -0.15) is 39.5 Å². The van der Waals surface area contributed by atoms with E-state index in [1.165, 1.54) is 0 Å². The molecule has 0 aromatic rings. The Morgan fingerprint density at radius 3 is 1.48 bits per heavy atom. The van der Waals surface area contributed by atoms with Crippen molar-refractivity contribution < 1.29 is 44.6 Å². The molecule has 0 bridgehead atoms. The zero-order valence-electron chi connectivity index (χ0n) is 12.6. The molecule has 0 aliphatic carbocycles. The fourth-order valence-corrected chi connectivity index (χ4v) is 1.94. The van der Waals surface area contributed by atoms with E-state index in [2.05, 4.69) is 0 Å². The standard InChI is InChI=1S/C13H19F9O/c1-3-4-5-6-7-8-9(2,23)10(14,15)11(16,17)12(18,19)13(20,21)22/h23H,3-8H2,1-2H3. The van der Waals surface area contributed by atoms with E-state index in [0.29, 0.717) is 12.8 Å². The van der Waals surface area contributed by atoms with Crippen LogP contribution in [0.15, 0.2) is 0 Å². The monoisotopic (exact) mass is 362 g/mol. The molecule has 0 amide bonds. The Balaban J connectivity index is 5.26. The van der Waals surface area contributed by atoms with Gasteiger partial charge >= 0.3 is 23.9 Å². The topological polar surface area (TPSA) is 20.2 Å². The molecule has 0 aromatic heterocycles. The lowest BCUT2D eigenvalue weighted by Crippen LogP contribution is -2.67. The van der Waals surface area contributed by atoms with Crippen LogP contribution in [0.2, 0.25) is 0 Å². The zero-order chi connectivity index (χ0) is 18.7. The van der Waals surface area contributed by atoms with Crippen LogP contribution in [0.5, 0.6) is 0 Å². The van der Waals surface area contributed by atoms with Gasteiger partial charge in [-0.25, -0.2) is 0 Å². The van der Waals surface area contributed by atoms with E-state index in [4.69, 9.17) is 0 Å². The first-order valence-corrected chi connectivity index (χ1v) is 6.99. The number of unbranched alkanes of at least 4 members (excludes halogenated alkanes) is 4. The van der Waals surface area contributed by atoms with E-state index in [1.54, 1.807) is 0 Å². The van der Waals surface area contributed by atoms with Crippen LogP contribution in [0.25, 0.3) is 0 Å². The highest BCUT2D eigenvalue weighted by molar-refractivity contribution is 5.07. The average molecular weight is 362 g/mol. The number of hydrogen-bond acceptors (Lipinski definition) is 1. The predicted octanol–water partition coefficient (Wildman–Crippen LogP) is 5.57. The van der Waals surface area contributed by atoms with E-state index in [0.717, 1.165) is 6.42 Å². The normalized spacial score (nSPS) is 17.2. The molecule has 0 radical (unpaired) electrons. The number of alkyl halides is 9. The summed E-state index contributed by atoms with van der Waals surface area (Å²) in [7, 11) is 0. The van der Waals surface area contributed by atoms with E-state index < -0.39 is 36.0 Å². The molecule has 1 N–H and O–H groups in total. The molecule has 0 saturated heterocycles. The Bertz CT molecular complexity index is 374. The van der Waals surface area contributed by atoms with Crippen LogP contribution in [-0.4, -0.2) is 34.7 Å². The molecule has 0 rings (SSSR count). The number of rotatable bonds is 9. The van der Waals surface area contributed by atoms with Gasteiger partial charge in [0.25, 0.3) is 0 Å². The summed E-state index contributed by atoms with van der Waals surface area (Å²) in [5.41, 5.74) is -3.71. The van der Waals surface area contributed by atoms with Crippen LogP contribution in [0.4, 0.5) is 39.5 Å². The van der Waals surface area contributed by atoms with Gasteiger partial charge in [0, 0.05) is 0 Å². The second-order valence-electron chi connectivity index (χ2n) is 5.66. The maximum absolute atomic E-state index is 13.6. The van der Waals surface area contributed by atoms with Crippen LogP contribution < -0.4 is 0 Å². The Hall–Kier alpha value is -0.670. The Kier molecular flexibility index (Phi) is 6.86. The lowest BCUT2D eigenvalue weighted by molar-refractivity contribution is -0.415. The Morgan fingerprint density at radius 2 is 1.09 bits per heavy atom. The van der Waals surface area contributed by atoms with Crippen LogP contribution in [0.1, 0.15) is 52.4 Å². The third-order valence-electron chi connectivity index (χ3n) is 3.59. The second kappa shape index (κ2) is 7.06. The largest absolute Gasteiger partial charge is 0.460 e. The summed E-state index contributed by atoms with van der Waals surface area (Å²) in [5, 5.41) is 9.43. The molecule has 0 aliphatic rings. The number of halogens is 9. The van der Waals surface area contributed by atoms with Crippen LogP contribution in [0, 0.1) is 0 Å². The molecule has 1 unspecified atom stereocenters. The van der Waals surface area contributed by atoms with Crippen molar-refractivity contribution >= 4 is 0 Å². The molecule has 1 nitrogen and oxygen atoms in total. The zero-order valence-corrected chi connectivity index (χ0v) is 12.6. The average Bonchev–Trinajstić information content (AvgIpc) is 2.36. The first-order chi connectivity index (χ1) is 10.1. The van der Waals surface area contributed by atoms with E-state index >= 15 is 0 Å². The van der Waals surface area contributed by atoms with Crippen molar-refractivity contribution in [2.45, 2.75) is 81.9 Å². The maximum Gasteiger partial charge on any atom is 0.460 e. The summed E-state index contributed by atoms with van der Waals surface area (Å²) in [6.07, 6.45) is -5.85. The quantitative estimate of drug-likeness (QED) is 0.420.